The quantitative estimate of drug-likeness (QED) is 0.256. The van der Waals surface area contributed by atoms with E-state index in [1.807, 2.05) is 60.1 Å². The zero-order valence-corrected chi connectivity index (χ0v) is 20.8. The third-order valence-electron chi connectivity index (χ3n) is 4.32. The Bertz CT molecular complexity index is 1210. The van der Waals surface area contributed by atoms with Gasteiger partial charge in [-0.3, -0.25) is 9.48 Å². The number of para-hydroxylation sites is 1. The summed E-state index contributed by atoms with van der Waals surface area (Å²) in [6, 6.07) is 17.1. The molecular formula is C22H16Br2ClN3O2S. The highest BCUT2D eigenvalue weighted by atomic mass is 79.9. The van der Waals surface area contributed by atoms with Crippen molar-refractivity contribution in [2.75, 3.05) is 5.32 Å². The SMILES string of the molecule is O=C(Nc1nn(Cc2ccc(Br)cc2)cc1Br)c1cc(COc2ccccc2Cl)cs1. The minimum absolute atomic E-state index is 0.219. The molecule has 0 aliphatic carbocycles. The van der Waals surface area contributed by atoms with E-state index in [0.29, 0.717) is 34.6 Å². The molecule has 5 nitrogen and oxygen atoms in total. The Labute approximate surface area is 205 Å². The second kappa shape index (κ2) is 9.99. The molecule has 2 aromatic heterocycles. The molecule has 4 rings (SSSR count). The van der Waals surface area contributed by atoms with Gasteiger partial charge in [0.25, 0.3) is 5.91 Å². The first-order valence-corrected chi connectivity index (χ1v) is 12.1. The summed E-state index contributed by atoms with van der Waals surface area (Å²) in [6.45, 7) is 0.934. The molecule has 1 N–H and O–H groups in total. The van der Waals surface area contributed by atoms with Crippen molar-refractivity contribution in [3.63, 3.8) is 0 Å². The zero-order valence-electron chi connectivity index (χ0n) is 16.0. The minimum atomic E-state index is -0.219. The normalized spacial score (nSPS) is 10.8. The number of rotatable bonds is 7. The average Bonchev–Trinajstić information content (AvgIpc) is 3.36. The Hall–Kier alpha value is -2.13. The summed E-state index contributed by atoms with van der Waals surface area (Å²) in [5.74, 6) is 0.870. The van der Waals surface area contributed by atoms with Gasteiger partial charge in [-0.2, -0.15) is 5.10 Å². The van der Waals surface area contributed by atoms with Crippen LogP contribution in [0.3, 0.4) is 0 Å². The van der Waals surface area contributed by atoms with Crippen molar-refractivity contribution in [3.8, 4) is 5.75 Å². The number of ether oxygens (including phenoxy) is 1. The van der Waals surface area contributed by atoms with Crippen LogP contribution < -0.4 is 10.1 Å². The third-order valence-corrected chi connectivity index (χ3v) is 6.71. The first-order valence-electron chi connectivity index (χ1n) is 9.21. The summed E-state index contributed by atoms with van der Waals surface area (Å²) in [5, 5.41) is 9.79. The number of carbonyl (C=O) groups excluding carboxylic acids is 1. The van der Waals surface area contributed by atoms with Crippen LogP contribution in [0.25, 0.3) is 0 Å². The highest BCUT2D eigenvalue weighted by molar-refractivity contribution is 9.10. The van der Waals surface area contributed by atoms with Gasteiger partial charge in [-0.25, -0.2) is 0 Å². The molecule has 2 heterocycles. The largest absolute Gasteiger partial charge is 0.487 e. The number of carbonyl (C=O) groups is 1. The van der Waals surface area contributed by atoms with Gasteiger partial charge in [0.2, 0.25) is 0 Å². The van der Waals surface area contributed by atoms with E-state index in [2.05, 4.69) is 42.3 Å². The molecule has 31 heavy (non-hydrogen) atoms. The molecule has 0 unspecified atom stereocenters. The van der Waals surface area contributed by atoms with Gasteiger partial charge in [-0.1, -0.05) is 51.8 Å². The lowest BCUT2D eigenvalue weighted by Crippen LogP contribution is -2.11. The number of benzene rings is 2. The Morgan fingerprint density at radius 2 is 1.90 bits per heavy atom. The van der Waals surface area contributed by atoms with Crippen LogP contribution >= 0.6 is 54.8 Å². The maximum absolute atomic E-state index is 12.7. The van der Waals surface area contributed by atoms with E-state index in [4.69, 9.17) is 16.3 Å². The number of halogens is 3. The van der Waals surface area contributed by atoms with Gasteiger partial charge < -0.3 is 10.1 Å². The number of nitrogens with one attached hydrogen (secondary N) is 1. The maximum atomic E-state index is 12.7. The molecule has 0 radical (unpaired) electrons. The van der Waals surface area contributed by atoms with Crippen molar-refractivity contribution in [2.24, 2.45) is 0 Å². The van der Waals surface area contributed by atoms with E-state index in [1.165, 1.54) is 11.3 Å². The highest BCUT2D eigenvalue weighted by Crippen LogP contribution is 2.26. The molecular weight excluding hydrogens is 566 g/mol. The van der Waals surface area contributed by atoms with Crippen molar-refractivity contribution in [2.45, 2.75) is 13.2 Å². The van der Waals surface area contributed by atoms with Crippen molar-refractivity contribution in [3.05, 3.63) is 96.1 Å². The Kier molecular flexibility index (Phi) is 7.12. The molecule has 0 saturated carbocycles. The molecule has 1 amide bonds. The Morgan fingerprint density at radius 1 is 1.13 bits per heavy atom. The summed E-state index contributed by atoms with van der Waals surface area (Å²) < 4.78 is 9.26. The molecule has 0 saturated heterocycles. The highest BCUT2D eigenvalue weighted by Gasteiger charge is 2.15. The molecule has 0 aliphatic heterocycles. The van der Waals surface area contributed by atoms with Crippen LogP contribution in [0.1, 0.15) is 20.8 Å². The van der Waals surface area contributed by atoms with E-state index < -0.39 is 0 Å². The summed E-state index contributed by atoms with van der Waals surface area (Å²) in [7, 11) is 0. The van der Waals surface area contributed by atoms with Crippen LogP contribution in [0, 0.1) is 0 Å². The fourth-order valence-corrected chi connectivity index (χ4v) is 4.46. The first kappa shape index (κ1) is 22.1. The van der Waals surface area contributed by atoms with Crippen molar-refractivity contribution < 1.29 is 9.53 Å². The number of aromatic nitrogens is 2. The number of thiophene rings is 1. The van der Waals surface area contributed by atoms with Gasteiger partial charge in [0.1, 0.15) is 12.4 Å². The van der Waals surface area contributed by atoms with Crippen LogP contribution in [0.15, 0.2) is 75.1 Å². The van der Waals surface area contributed by atoms with Crippen LogP contribution in [-0.4, -0.2) is 15.7 Å². The van der Waals surface area contributed by atoms with E-state index in [0.717, 1.165) is 20.1 Å². The molecule has 0 fully saturated rings. The second-order valence-electron chi connectivity index (χ2n) is 6.64. The number of hydrogen-bond donors (Lipinski definition) is 1. The summed E-state index contributed by atoms with van der Waals surface area (Å²) >= 11 is 14.4. The van der Waals surface area contributed by atoms with E-state index in [1.54, 1.807) is 10.7 Å². The Balaban J connectivity index is 1.38. The molecule has 0 atom stereocenters. The maximum Gasteiger partial charge on any atom is 0.266 e. The van der Waals surface area contributed by atoms with Crippen molar-refractivity contribution >= 4 is 66.5 Å². The monoisotopic (exact) mass is 579 g/mol. The van der Waals surface area contributed by atoms with E-state index >= 15 is 0 Å². The molecule has 158 valence electrons. The van der Waals surface area contributed by atoms with Gasteiger partial charge in [0.05, 0.1) is 20.9 Å². The zero-order chi connectivity index (χ0) is 21.8. The van der Waals surface area contributed by atoms with Crippen LogP contribution in [-0.2, 0) is 13.2 Å². The van der Waals surface area contributed by atoms with Gasteiger partial charge in [0.15, 0.2) is 5.82 Å². The standard InChI is InChI=1S/C22H16Br2ClN3O2S/c23-16-7-5-14(6-8-16)10-28-11-17(24)21(27-28)26-22(29)20-9-15(13-31-20)12-30-19-4-2-1-3-18(19)25/h1-9,11,13H,10,12H2,(H,26,27,29). The summed E-state index contributed by atoms with van der Waals surface area (Å²) in [6.07, 6.45) is 1.84. The second-order valence-corrected chi connectivity index (χ2v) is 9.73. The molecule has 4 aromatic rings. The minimum Gasteiger partial charge on any atom is -0.487 e. The van der Waals surface area contributed by atoms with Crippen LogP contribution in [0.4, 0.5) is 5.82 Å². The average molecular weight is 582 g/mol. The van der Waals surface area contributed by atoms with Gasteiger partial charge in [-0.15, -0.1) is 11.3 Å². The number of anilines is 1. The fourth-order valence-electron chi connectivity index (χ4n) is 2.80. The Morgan fingerprint density at radius 3 is 2.68 bits per heavy atom. The van der Waals surface area contributed by atoms with Crippen molar-refractivity contribution in [1.82, 2.24) is 9.78 Å². The summed E-state index contributed by atoms with van der Waals surface area (Å²) in [4.78, 5) is 13.3. The van der Waals surface area contributed by atoms with Crippen LogP contribution in [0.5, 0.6) is 5.75 Å². The number of hydrogen-bond acceptors (Lipinski definition) is 4. The molecule has 0 aliphatic rings. The molecule has 9 heteroatoms. The topological polar surface area (TPSA) is 56.2 Å². The number of amides is 1. The van der Waals surface area contributed by atoms with Gasteiger partial charge in [-0.05, 0) is 57.2 Å². The predicted octanol–water partition coefficient (Wildman–Crippen LogP) is 7.00. The predicted molar refractivity (Wildman–Crippen MR) is 131 cm³/mol. The fraction of sp³-hybridized carbons (Fsp3) is 0.0909. The molecule has 0 bridgehead atoms. The lowest BCUT2D eigenvalue weighted by atomic mass is 10.2. The van der Waals surface area contributed by atoms with Crippen molar-refractivity contribution in [1.29, 1.82) is 0 Å². The first-order chi connectivity index (χ1) is 15.0. The lowest BCUT2D eigenvalue weighted by molar-refractivity contribution is 0.103. The molecule has 0 spiro atoms. The van der Waals surface area contributed by atoms with Gasteiger partial charge in [0, 0.05) is 16.2 Å². The number of nitrogens with zero attached hydrogens (tertiary/aromatic N) is 2. The molecule has 2 aromatic carbocycles. The third kappa shape index (κ3) is 5.77. The smallest absolute Gasteiger partial charge is 0.266 e. The lowest BCUT2D eigenvalue weighted by Gasteiger charge is -2.06. The van der Waals surface area contributed by atoms with E-state index in [9.17, 15) is 4.79 Å². The summed E-state index contributed by atoms with van der Waals surface area (Å²) in [5.41, 5.74) is 2.01. The van der Waals surface area contributed by atoms with Crippen LogP contribution in [0.2, 0.25) is 5.02 Å². The van der Waals surface area contributed by atoms with E-state index in [-0.39, 0.29) is 5.91 Å². The van der Waals surface area contributed by atoms with Gasteiger partial charge >= 0.3 is 0 Å².